The molecular formula is C15H27N3O. The number of hydrogen-bond donors (Lipinski definition) is 1. The molecule has 1 aliphatic rings. The molecule has 4 heteroatoms. The Kier molecular flexibility index (Phi) is 4.99. The summed E-state index contributed by atoms with van der Waals surface area (Å²) in [6.07, 6.45) is 8.02. The van der Waals surface area contributed by atoms with E-state index in [1.807, 2.05) is 7.11 Å². The molecule has 0 unspecified atom stereocenters. The second-order valence-electron chi connectivity index (χ2n) is 5.60. The predicted molar refractivity (Wildman–Crippen MR) is 77.1 cm³/mol. The van der Waals surface area contributed by atoms with E-state index in [1.54, 1.807) is 0 Å². The van der Waals surface area contributed by atoms with Crippen molar-refractivity contribution in [1.29, 1.82) is 0 Å². The predicted octanol–water partition coefficient (Wildman–Crippen LogP) is 2.90. The van der Waals surface area contributed by atoms with Gasteiger partial charge >= 0.3 is 0 Å². The van der Waals surface area contributed by atoms with E-state index >= 15 is 0 Å². The molecule has 108 valence electrons. The Balaban J connectivity index is 1.80. The van der Waals surface area contributed by atoms with Gasteiger partial charge in [0.25, 0.3) is 0 Å². The van der Waals surface area contributed by atoms with Crippen LogP contribution in [0.5, 0.6) is 0 Å². The maximum Gasteiger partial charge on any atom is 0.0802 e. The highest BCUT2D eigenvalue weighted by molar-refractivity contribution is 5.00. The lowest BCUT2D eigenvalue weighted by molar-refractivity contribution is -0.0695. The lowest BCUT2D eigenvalue weighted by atomic mass is 9.80. The molecule has 19 heavy (non-hydrogen) atoms. The van der Waals surface area contributed by atoms with Gasteiger partial charge in [-0.1, -0.05) is 13.8 Å². The molecule has 1 saturated carbocycles. The van der Waals surface area contributed by atoms with Gasteiger partial charge < -0.3 is 10.1 Å². The summed E-state index contributed by atoms with van der Waals surface area (Å²) in [4.78, 5) is 0. The van der Waals surface area contributed by atoms with Crippen molar-refractivity contribution in [3.8, 4) is 0 Å². The molecule has 0 amide bonds. The van der Waals surface area contributed by atoms with E-state index in [2.05, 4.69) is 41.2 Å². The normalized spacial score (nSPS) is 17.7. The third kappa shape index (κ3) is 3.37. The maximum atomic E-state index is 5.60. The molecule has 0 saturated heterocycles. The highest BCUT2D eigenvalue weighted by Crippen LogP contribution is 2.34. The summed E-state index contributed by atoms with van der Waals surface area (Å²) in [5, 5.41) is 8.14. The molecule has 4 nitrogen and oxygen atoms in total. The van der Waals surface area contributed by atoms with Crippen LogP contribution in [0.25, 0.3) is 0 Å². The van der Waals surface area contributed by atoms with Gasteiger partial charge in [-0.3, -0.25) is 4.68 Å². The largest absolute Gasteiger partial charge is 0.377 e. The van der Waals surface area contributed by atoms with Crippen LogP contribution in [0.3, 0.4) is 0 Å². The minimum absolute atomic E-state index is 0.0952. The van der Waals surface area contributed by atoms with Crippen LogP contribution in [-0.2, 0) is 11.3 Å². The number of nitrogens with one attached hydrogen (secondary N) is 1. The van der Waals surface area contributed by atoms with Gasteiger partial charge in [0.15, 0.2) is 0 Å². The molecule has 1 N–H and O–H groups in total. The number of ether oxygens (including phenoxy) is 1. The summed E-state index contributed by atoms with van der Waals surface area (Å²) >= 11 is 0. The first-order chi connectivity index (χ1) is 9.23. The Hall–Kier alpha value is -0.870. The van der Waals surface area contributed by atoms with Crippen molar-refractivity contribution < 1.29 is 4.74 Å². The second kappa shape index (κ2) is 6.53. The Labute approximate surface area is 116 Å². The molecule has 0 atom stereocenters. The highest BCUT2D eigenvalue weighted by atomic mass is 16.5. The number of aromatic nitrogens is 2. The summed E-state index contributed by atoms with van der Waals surface area (Å²) in [5.74, 6) is 0. The summed E-state index contributed by atoms with van der Waals surface area (Å²) in [5.41, 5.74) is 1.22. The van der Waals surface area contributed by atoms with Crippen LogP contribution in [0, 0.1) is 0 Å². The van der Waals surface area contributed by atoms with E-state index in [9.17, 15) is 0 Å². The summed E-state index contributed by atoms with van der Waals surface area (Å²) in [6, 6.07) is 2.65. The zero-order chi connectivity index (χ0) is 13.7. The van der Waals surface area contributed by atoms with Gasteiger partial charge in [-0.2, -0.15) is 5.10 Å². The Morgan fingerprint density at radius 2 is 2.16 bits per heavy atom. The van der Waals surface area contributed by atoms with Crippen molar-refractivity contribution in [2.45, 2.75) is 64.1 Å². The van der Waals surface area contributed by atoms with Crippen molar-refractivity contribution in [3.05, 3.63) is 18.0 Å². The van der Waals surface area contributed by atoms with E-state index < -0.39 is 0 Å². The Morgan fingerprint density at radius 1 is 1.42 bits per heavy atom. The van der Waals surface area contributed by atoms with Gasteiger partial charge in [0.05, 0.1) is 17.3 Å². The van der Waals surface area contributed by atoms with Crippen molar-refractivity contribution in [2.75, 3.05) is 13.7 Å². The fourth-order valence-electron chi connectivity index (χ4n) is 2.78. The van der Waals surface area contributed by atoms with Gasteiger partial charge in [-0.15, -0.1) is 0 Å². The molecule has 0 aliphatic heterocycles. The fraction of sp³-hybridized carbons (Fsp3) is 0.800. The molecule has 0 spiro atoms. The smallest absolute Gasteiger partial charge is 0.0802 e. The van der Waals surface area contributed by atoms with Crippen LogP contribution in [0.1, 0.15) is 57.7 Å². The van der Waals surface area contributed by atoms with Crippen LogP contribution in [0.2, 0.25) is 0 Å². The average Bonchev–Trinajstić information content (AvgIpc) is 2.83. The van der Waals surface area contributed by atoms with Crippen LogP contribution < -0.4 is 5.32 Å². The van der Waals surface area contributed by atoms with Gasteiger partial charge in [0, 0.05) is 26.4 Å². The van der Waals surface area contributed by atoms with Crippen LogP contribution in [-0.4, -0.2) is 29.0 Å². The van der Waals surface area contributed by atoms with E-state index in [4.69, 9.17) is 4.74 Å². The third-order valence-corrected chi connectivity index (χ3v) is 4.43. The first-order valence-electron chi connectivity index (χ1n) is 7.53. The van der Waals surface area contributed by atoms with Crippen LogP contribution in [0.15, 0.2) is 12.3 Å². The SMILES string of the molecule is CCC(CC)n1ccc(CNCC2(OC)CCC2)n1. The molecule has 1 fully saturated rings. The number of methoxy groups -OCH3 is 1. The van der Waals surface area contributed by atoms with Crippen LogP contribution >= 0.6 is 0 Å². The highest BCUT2D eigenvalue weighted by Gasteiger charge is 2.36. The zero-order valence-corrected chi connectivity index (χ0v) is 12.5. The van der Waals surface area contributed by atoms with Crippen molar-refractivity contribution in [2.24, 2.45) is 0 Å². The third-order valence-electron chi connectivity index (χ3n) is 4.43. The second-order valence-corrected chi connectivity index (χ2v) is 5.60. The zero-order valence-electron chi connectivity index (χ0n) is 12.5. The Morgan fingerprint density at radius 3 is 2.68 bits per heavy atom. The molecule has 1 heterocycles. The first-order valence-corrected chi connectivity index (χ1v) is 7.53. The van der Waals surface area contributed by atoms with Crippen molar-refractivity contribution in [3.63, 3.8) is 0 Å². The summed E-state index contributed by atoms with van der Waals surface area (Å²) < 4.78 is 7.71. The Bertz CT molecular complexity index is 375. The molecular weight excluding hydrogens is 238 g/mol. The van der Waals surface area contributed by atoms with Gasteiger partial charge in [0.2, 0.25) is 0 Å². The van der Waals surface area contributed by atoms with Gasteiger partial charge in [-0.25, -0.2) is 0 Å². The van der Waals surface area contributed by atoms with Crippen molar-refractivity contribution in [1.82, 2.24) is 15.1 Å². The molecule has 1 aliphatic carbocycles. The first kappa shape index (κ1) is 14.5. The lowest BCUT2D eigenvalue weighted by Gasteiger charge is -2.40. The van der Waals surface area contributed by atoms with Crippen LogP contribution in [0.4, 0.5) is 0 Å². The van der Waals surface area contributed by atoms with E-state index in [-0.39, 0.29) is 5.60 Å². The molecule has 2 rings (SSSR count). The van der Waals surface area contributed by atoms with E-state index in [1.165, 1.54) is 19.3 Å². The number of nitrogens with zero attached hydrogens (tertiary/aromatic N) is 2. The van der Waals surface area contributed by atoms with E-state index in [0.29, 0.717) is 6.04 Å². The number of hydrogen-bond acceptors (Lipinski definition) is 3. The van der Waals surface area contributed by atoms with E-state index in [0.717, 1.165) is 31.6 Å². The molecule has 1 aromatic rings. The topological polar surface area (TPSA) is 39.1 Å². The fourth-order valence-corrected chi connectivity index (χ4v) is 2.78. The average molecular weight is 265 g/mol. The van der Waals surface area contributed by atoms with Gasteiger partial charge in [-0.05, 0) is 38.2 Å². The van der Waals surface area contributed by atoms with Gasteiger partial charge in [0.1, 0.15) is 0 Å². The molecule has 0 radical (unpaired) electrons. The molecule has 0 bridgehead atoms. The molecule has 1 aromatic heterocycles. The maximum absolute atomic E-state index is 5.60. The molecule has 0 aromatic carbocycles. The monoisotopic (exact) mass is 265 g/mol. The summed E-state index contributed by atoms with van der Waals surface area (Å²) in [6.45, 7) is 6.19. The minimum atomic E-state index is 0.0952. The number of rotatable bonds is 8. The lowest BCUT2D eigenvalue weighted by Crippen LogP contribution is -2.47. The quantitative estimate of drug-likeness (QED) is 0.785. The summed E-state index contributed by atoms with van der Waals surface area (Å²) in [7, 11) is 1.82. The van der Waals surface area contributed by atoms with Crippen molar-refractivity contribution >= 4 is 0 Å². The standard InChI is InChI=1S/C15H27N3O/c1-4-14(5-2)18-10-7-13(17-18)11-16-12-15(19-3)8-6-9-15/h7,10,14,16H,4-6,8-9,11-12H2,1-3H3. The minimum Gasteiger partial charge on any atom is -0.377 e.